The maximum Gasteiger partial charge on any atom is 0.333 e. The van der Waals surface area contributed by atoms with E-state index in [4.69, 9.17) is 4.74 Å². The van der Waals surface area contributed by atoms with Gasteiger partial charge in [-0.05, 0) is 29.5 Å². The Balaban J connectivity index is 2.46. The lowest BCUT2D eigenvalue weighted by molar-refractivity contribution is 0.395. The molecule has 1 N–H and O–H groups in total. The number of nitrogens with zero attached hydrogens (tertiary/aromatic N) is 1. The van der Waals surface area contributed by atoms with Gasteiger partial charge in [0.05, 0.1) is 18.4 Å². The highest BCUT2D eigenvalue weighted by molar-refractivity contribution is 5.77. The van der Waals surface area contributed by atoms with Gasteiger partial charge in [-0.25, -0.2) is 13.6 Å². The molecule has 0 saturated heterocycles. The summed E-state index contributed by atoms with van der Waals surface area (Å²) in [6, 6.07) is 7.23. The van der Waals surface area contributed by atoms with Crippen LogP contribution >= 0.6 is 0 Å². The maximum atomic E-state index is 15.8. The highest BCUT2D eigenvalue weighted by atomic mass is 19.1. The van der Waals surface area contributed by atoms with Crippen LogP contribution in [0.2, 0.25) is 0 Å². The van der Waals surface area contributed by atoms with E-state index in [0.717, 1.165) is 16.2 Å². The fraction of sp³-hybridized carbons (Fsp3) is 0.304. The molecule has 0 spiro atoms. The van der Waals surface area contributed by atoms with Crippen molar-refractivity contribution in [3.8, 4) is 22.6 Å². The molecule has 2 aromatic carbocycles. The van der Waals surface area contributed by atoms with Crippen LogP contribution in [0, 0.1) is 11.6 Å². The van der Waals surface area contributed by atoms with Gasteiger partial charge in [0.15, 0.2) is 5.82 Å². The number of ether oxygens (including phenoxy) is 1. The summed E-state index contributed by atoms with van der Waals surface area (Å²) in [5, 5.41) is 0. The lowest BCUT2D eigenvalue weighted by atomic mass is 9.83. The van der Waals surface area contributed by atoms with Gasteiger partial charge < -0.3 is 4.74 Å². The van der Waals surface area contributed by atoms with Crippen molar-refractivity contribution in [1.29, 1.82) is 0 Å². The molecule has 5 nitrogen and oxygen atoms in total. The van der Waals surface area contributed by atoms with Crippen LogP contribution in [-0.2, 0) is 11.8 Å². The number of hydrogen-bond donors (Lipinski definition) is 1. The Morgan fingerprint density at radius 1 is 1.10 bits per heavy atom. The minimum Gasteiger partial charge on any atom is -0.496 e. The zero-order valence-electron chi connectivity index (χ0n) is 17.6. The van der Waals surface area contributed by atoms with Gasteiger partial charge in [-0.15, -0.1) is 0 Å². The summed E-state index contributed by atoms with van der Waals surface area (Å²) in [6.45, 7) is 7.62. The molecule has 158 valence electrons. The molecule has 0 aliphatic heterocycles. The first-order chi connectivity index (χ1) is 14.1. The number of rotatable bonds is 4. The van der Waals surface area contributed by atoms with Crippen LogP contribution in [0.15, 0.2) is 46.1 Å². The second-order valence-electron chi connectivity index (χ2n) is 8.06. The molecule has 0 aliphatic rings. The van der Waals surface area contributed by atoms with Gasteiger partial charge in [0.2, 0.25) is 0 Å². The third-order valence-corrected chi connectivity index (χ3v) is 5.00. The third-order valence-electron chi connectivity index (χ3n) is 5.00. The van der Waals surface area contributed by atoms with Crippen LogP contribution in [-0.4, -0.2) is 16.7 Å². The zero-order chi connectivity index (χ0) is 22.2. The Morgan fingerprint density at radius 3 is 2.33 bits per heavy atom. The minimum atomic E-state index is -0.822. The summed E-state index contributed by atoms with van der Waals surface area (Å²) < 4.78 is 37.3. The molecule has 0 atom stereocenters. The lowest BCUT2D eigenvalue weighted by Crippen LogP contribution is -2.28. The summed E-state index contributed by atoms with van der Waals surface area (Å²) in [6.07, 6.45) is 1.83. The van der Waals surface area contributed by atoms with Crippen molar-refractivity contribution < 1.29 is 13.5 Å². The first-order valence-corrected chi connectivity index (χ1v) is 9.60. The van der Waals surface area contributed by atoms with E-state index in [2.05, 4.69) is 4.98 Å². The van der Waals surface area contributed by atoms with Crippen LogP contribution < -0.4 is 16.0 Å². The monoisotopic (exact) mass is 414 g/mol. The van der Waals surface area contributed by atoms with Gasteiger partial charge in [-0.1, -0.05) is 39.8 Å². The quantitative estimate of drug-likeness (QED) is 0.691. The van der Waals surface area contributed by atoms with Gasteiger partial charge in [0.25, 0.3) is 5.56 Å². The summed E-state index contributed by atoms with van der Waals surface area (Å²) in [5.74, 6) is -1.21. The normalized spacial score (nSPS) is 11.6. The molecule has 0 bridgehead atoms. The molecular formula is C23H24F2N2O3. The summed E-state index contributed by atoms with van der Waals surface area (Å²) in [4.78, 5) is 25.9. The number of nitrogens with one attached hydrogen (secondary N) is 1. The van der Waals surface area contributed by atoms with Crippen molar-refractivity contribution in [2.75, 3.05) is 7.11 Å². The fourth-order valence-corrected chi connectivity index (χ4v) is 3.40. The van der Waals surface area contributed by atoms with Crippen molar-refractivity contribution in [1.82, 2.24) is 9.55 Å². The maximum absolute atomic E-state index is 15.8. The van der Waals surface area contributed by atoms with E-state index in [9.17, 15) is 14.0 Å². The average Bonchev–Trinajstić information content (AvgIpc) is 2.67. The molecule has 7 heteroatoms. The summed E-state index contributed by atoms with van der Waals surface area (Å²) in [7, 11) is 1.40. The predicted octanol–water partition coefficient (Wildman–Crippen LogP) is 4.34. The first kappa shape index (κ1) is 21.5. The fourth-order valence-electron chi connectivity index (χ4n) is 3.40. The Morgan fingerprint density at radius 2 is 1.80 bits per heavy atom. The molecule has 3 aromatic rings. The van der Waals surface area contributed by atoms with E-state index in [0.29, 0.717) is 12.0 Å². The van der Waals surface area contributed by atoms with Crippen LogP contribution in [0.5, 0.6) is 5.75 Å². The van der Waals surface area contributed by atoms with E-state index in [1.54, 1.807) is 6.07 Å². The predicted molar refractivity (Wildman–Crippen MR) is 113 cm³/mol. The Bertz CT molecular complexity index is 1220. The highest BCUT2D eigenvalue weighted by Crippen LogP contribution is 2.44. The second kappa shape index (κ2) is 7.89. The molecular weight excluding hydrogens is 390 g/mol. The summed E-state index contributed by atoms with van der Waals surface area (Å²) >= 11 is 0. The second-order valence-corrected chi connectivity index (χ2v) is 8.06. The van der Waals surface area contributed by atoms with E-state index < -0.39 is 28.3 Å². The minimum absolute atomic E-state index is 0.0337. The Kier molecular flexibility index (Phi) is 5.65. The third kappa shape index (κ3) is 3.79. The number of halogens is 2. The number of aromatic nitrogens is 2. The van der Waals surface area contributed by atoms with E-state index in [-0.39, 0.29) is 22.6 Å². The molecule has 3 rings (SSSR count). The van der Waals surface area contributed by atoms with Crippen LogP contribution in [0.25, 0.3) is 16.8 Å². The molecule has 0 aliphatic carbocycles. The van der Waals surface area contributed by atoms with Gasteiger partial charge in [-0.3, -0.25) is 14.3 Å². The van der Waals surface area contributed by atoms with Crippen molar-refractivity contribution in [3.63, 3.8) is 0 Å². The van der Waals surface area contributed by atoms with E-state index in [1.807, 2.05) is 27.7 Å². The number of hydrogen-bond acceptors (Lipinski definition) is 3. The molecule has 1 aromatic heterocycles. The SMILES string of the molecule is CCc1ccc(-c2c(F)c(-n3ccc(=O)[nH]c3=O)cc(C(C)(C)C)c2OC)c(F)c1. The van der Waals surface area contributed by atoms with Gasteiger partial charge >= 0.3 is 5.69 Å². The largest absolute Gasteiger partial charge is 0.496 e. The topological polar surface area (TPSA) is 64.1 Å². The van der Waals surface area contributed by atoms with Crippen molar-refractivity contribution in [3.05, 3.63) is 80.1 Å². The number of aromatic amines is 1. The summed E-state index contributed by atoms with van der Waals surface area (Å²) in [5.41, 5.74) is -0.663. The molecule has 0 saturated carbocycles. The Hall–Kier alpha value is -3.22. The van der Waals surface area contributed by atoms with Gasteiger partial charge in [0.1, 0.15) is 11.6 Å². The zero-order valence-corrected chi connectivity index (χ0v) is 17.6. The average molecular weight is 414 g/mol. The smallest absolute Gasteiger partial charge is 0.333 e. The van der Waals surface area contributed by atoms with E-state index in [1.165, 1.54) is 31.5 Å². The number of aryl methyl sites for hydroxylation is 1. The van der Waals surface area contributed by atoms with Crippen LogP contribution in [0.1, 0.15) is 38.8 Å². The Labute approximate surface area is 173 Å². The first-order valence-electron chi connectivity index (χ1n) is 9.60. The lowest BCUT2D eigenvalue weighted by Gasteiger charge is -2.26. The van der Waals surface area contributed by atoms with Crippen molar-refractivity contribution in [2.45, 2.75) is 39.5 Å². The number of H-pyrrole nitrogens is 1. The van der Waals surface area contributed by atoms with Crippen molar-refractivity contribution in [2.24, 2.45) is 0 Å². The van der Waals surface area contributed by atoms with E-state index >= 15 is 4.39 Å². The molecule has 0 unspecified atom stereocenters. The van der Waals surface area contributed by atoms with Crippen LogP contribution in [0.3, 0.4) is 0 Å². The molecule has 0 amide bonds. The van der Waals surface area contributed by atoms with Crippen LogP contribution in [0.4, 0.5) is 8.78 Å². The molecule has 0 fully saturated rings. The highest BCUT2D eigenvalue weighted by Gasteiger charge is 2.29. The number of methoxy groups -OCH3 is 1. The van der Waals surface area contributed by atoms with Gasteiger partial charge in [-0.2, -0.15) is 0 Å². The standard InChI is InChI=1S/C23H24F2N2O3/c1-6-13-7-8-14(16(24)11-13)19-20(25)17(27-10-9-18(28)26-22(27)29)12-15(21(19)30-5)23(2,3)4/h7-12H,6H2,1-5H3,(H,26,28,29). The van der Waals surface area contributed by atoms with Gasteiger partial charge in [0, 0.05) is 23.4 Å². The number of benzene rings is 2. The molecule has 1 heterocycles. The van der Waals surface area contributed by atoms with Crippen molar-refractivity contribution >= 4 is 0 Å². The molecule has 30 heavy (non-hydrogen) atoms. The molecule has 0 radical (unpaired) electrons.